The lowest BCUT2D eigenvalue weighted by Crippen LogP contribution is -2.42. The van der Waals surface area contributed by atoms with Gasteiger partial charge in [-0.05, 0) is 61.4 Å². The molecule has 0 aromatic heterocycles. The number of hydrogen-bond donors (Lipinski definition) is 1. The highest BCUT2D eigenvalue weighted by Crippen LogP contribution is 2.40. The van der Waals surface area contributed by atoms with E-state index >= 15 is 0 Å². The average Bonchev–Trinajstić information content (AvgIpc) is 2.63. The van der Waals surface area contributed by atoms with Crippen molar-refractivity contribution < 1.29 is 4.74 Å². The first kappa shape index (κ1) is 14.7. The molecule has 21 heavy (non-hydrogen) atoms. The Morgan fingerprint density at radius 1 is 1.19 bits per heavy atom. The van der Waals surface area contributed by atoms with E-state index in [0.717, 1.165) is 43.8 Å². The van der Waals surface area contributed by atoms with E-state index in [1.54, 1.807) is 0 Å². The number of anilines is 1. The van der Waals surface area contributed by atoms with Gasteiger partial charge in [0.25, 0.3) is 0 Å². The van der Waals surface area contributed by atoms with Crippen molar-refractivity contribution in [1.29, 1.82) is 0 Å². The van der Waals surface area contributed by atoms with Crippen molar-refractivity contribution in [3.8, 4) is 5.75 Å². The van der Waals surface area contributed by atoms with Crippen molar-refractivity contribution in [1.82, 2.24) is 5.32 Å². The second-order valence-electron chi connectivity index (χ2n) is 7.25. The molecule has 2 fully saturated rings. The Kier molecular flexibility index (Phi) is 4.12. The molecule has 0 saturated carbocycles. The summed E-state index contributed by atoms with van der Waals surface area (Å²) in [7, 11) is 0. The molecule has 3 rings (SSSR count). The summed E-state index contributed by atoms with van der Waals surface area (Å²) in [6.45, 7) is 12.3. The van der Waals surface area contributed by atoms with Crippen LogP contribution >= 0.6 is 0 Å². The van der Waals surface area contributed by atoms with E-state index in [2.05, 4.69) is 48.3 Å². The third kappa shape index (κ3) is 3.18. The van der Waals surface area contributed by atoms with Crippen molar-refractivity contribution in [3.63, 3.8) is 0 Å². The highest BCUT2D eigenvalue weighted by atomic mass is 16.5. The van der Waals surface area contributed by atoms with Crippen molar-refractivity contribution in [2.75, 3.05) is 37.7 Å². The molecule has 2 heterocycles. The molecule has 0 amide bonds. The minimum Gasteiger partial charge on any atom is -0.494 e. The third-order valence-corrected chi connectivity index (χ3v) is 5.18. The Morgan fingerprint density at radius 3 is 2.67 bits per heavy atom. The fourth-order valence-electron chi connectivity index (χ4n) is 3.94. The minimum atomic E-state index is 0.439. The number of ether oxygens (including phenoxy) is 1. The summed E-state index contributed by atoms with van der Waals surface area (Å²) >= 11 is 0. The minimum absolute atomic E-state index is 0.439. The van der Waals surface area contributed by atoms with Gasteiger partial charge in [0.05, 0.1) is 6.61 Å². The van der Waals surface area contributed by atoms with Gasteiger partial charge in [-0.3, -0.25) is 0 Å². The van der Waals surface area contributed by atoms with Crippen molar-refractivity contribution in [2.45, 2.75) is 27.2 Å². The zero-order valence-electron chi connectivity index (χ0n) is 13.6. The van der Waals surface area contributed by atoms with E-state index in [1.807, 2.05) is 6.92 Å². The number of nitrogens with zero attached hydrogens (tertiary/aromatic N) is 1. The van der Waals surface area contributed by atoms with Crippen LogP contribution in [-0.2, 0) is 0 Å². The summed E-state index contributed by atoms with van der Waals surface area (Å²) in [6, 6.07) is 8.63. The van der Waals surface area contributed by atoms with Crippen LogP contribution in [0.3, 0.4) is 0 Å². The maximum atomic E-state index is 5.55. The number of benzene rings is 1. The summed E-state index contributed by atoms with van der Waals surface area (Å²) in [6.07, 6.45) is 1.33. The van der Waals surface area contributed by atoms with Gasteiger partial charge in [0.1, 0.15) is 5.75 Å². The second-order valence-corrected chi connectivity index (χ2v) is 7.25. The Morgan fingerprint density at radius 2 is 1.95 bits per heavy atom. The molecule has 0 aliphatic carbocycles. The van der Waals surface area contributed by atoms with E-state index in [0.29, 0.717) is 5.41 Å². The molecule has 1 aromatic rings. The molecule has 0 radical (unpaired) electrons. The van der Waals surface area contributed by atoms with E-state index in [1.165, 1.54) is 18.7 Å². The lowest BCUT2D eigenvalue weighted by molar-refractivity contribution is 0.212. The molecular formula is C18H28N2O. The van der Waals surface area contributed by atoms with Gasteiger partial charge in [-0.2, -0.15) is 0 Å². The van der Waals surface area contributed by atoms with Crippen LogP contribution in [0.15, 0.2) is 24.3 Å². The van der Waals surface area contributed by atoms with Gasteiger partial charge in [0.15, 0.2) is 0 Å². The first-order valence-corrected chi connectivity index (χ1v) is 8.27. The smallest absolute Gasteiger partial charge is 0.119 e. The zero-order chi connectivity index (χ0) is 14.9. The maximum Gasteiger partial charge on any atom is 0.119 e. The summed E-state index contributed by atoms with van der Waals surface area (Å²) in [5, 5.41) is 3.66. The molecule has 2 bridgehead atoms. The summed E-state index contributed by atoms with van der Waals surface area (Å²) in [4.78, 5) is 2.58. The van der Waals surface area contributed by atoms with Gasteiger partial charge < -0.3 is 15.0 Å². The molecule has 3 heteroatoms. The molecule has 1 N–H and O–H groups in total. The molecule has 2 aliphatic rings. The first-order chi connectivity index (χ1) is 10.1. The van der Waals surface area contributed by atoms with E-state index in [-0.39, 0.29) is 0 Å². The van der Waals surface area contributed by atoms with Gasteiger partial charge in [-0.1, -0.05) is 13.8 Å². The van der Waals surface area contributed by atoms with Gasteiger partial charge >= 0.3 is 0 Å². The lowest BCUT2D eigenvalue weighted by Gasteiger charge is -2.34. The van der Waals surface area contributed by atoms with Crippen molar-refractivity contribution in [2.24, 2.45) is 17.3 Å². The first-order valence-electron chi connectivity index (χ1n) is 8.27. The third-order valence-electron chi connectivity index (χ3n) is 5.18. The molecule has 0 spiro atoms. The molecular weight excluding hydrogens is 260 g/mol. The van der Waals surface area contributed by atoms with Crippen LogP contribution in [0.1, 0.15) is 27.2 Å². The van der Waals surface area contributed by atoms with E-state index in [9.17, 15) is 0 Å². The van der Waals surface area contributed by atoms with Crippen LogP contribution in [0, 0.1) is 17.3 Å². The predicted molar refractivity (Wildman–Crippen MR) is 88.1 cm³/mol. The number of hydrogen-bond acceptors (Lipinski definition) is 3. The molecule has 2 aliphatic heterocycles. The molecule has 0 unspecified atom stereocenters. The number of rotatable bonds is 3. The van der Waals surface area contributed by atoms with Crippen LogP contribution in [0.25, 0.3) is 0 Å². The van der Waals surface area contributed by atoms with Crippen molar-refractivity contribution in [3.05, 3.63) is 24.3 Å². The number of nitrogens with one attached hydrogen (secondary N) is 1. The van der Waals surface area contributed by atoms with Gasteiger partial charge in [-0.25, -0.2) is 0 Å². The Balaban J connectivity index is 1.79. The van der Waals surface area contributed by atoms with Gasteiger partial charge in [0.2, 0.25) is 0 Å². The summed E-state index contributed by atoms with van der Waals surface area (Å²) in [5.74, 6) is 2.44. The summed E-state index contributed by atoms with van der Waals surface area (Å²) < 4.78 is 5.55. The topological polar surface area (TPSA) is 24.5 Å². The van der Waals surface area contributed by atoms with Gasteiger partial charge in [0, 0.05) is 25.3 Å². The second kappa shape index (κ2) is 5.88. The fraction of sp³-hybridized carbons (Fsp3) is 0.667. The Hall–Kier alpha value is -1.22. The van der Waals surface area contributed by atoms with Crippen LogP contribution in [0.5, 0.6) is 5.75 Å². The van der Waals surface area contributed by atoms with Crippen LogP contribution in [0.4, 0.5) is 5.69 Å². The molecule has 1 aromatic carbocycles. The SMILES string of the molecule is CCOc1ccc(N2C[C@H]3CNC[C@H](C2)C(C)(C)C3)cc1. The molecule has 3 nitrogen and oxygen atoms in total. The fourth-order valence-corrected chi connectivity index (χ4v) is 3.94. The summed E-state index contributed by atoms with van der Waals surface area (Å²) in [5.41, 5.74) is 1.78. The van der Waals surface area contributed by atoms with Gasteiger partial charge in [-0.15, -0.1) is 0 Å². The zero-order valence-corrected chi connectivity index (χ0v) is 13.6. The highest BCUT2D eigenvalue weighted by molar-refractivity contribution is 5.49. The maximum absolute atomic E-state index is 5.55. The average molecular weight is 288 g/mol. The Labute approximate surface area is 128 Å². The highest BCUT2D eigenvalue weighted by Gasteiger charge is 2.39. The Bertz CT molecular complexity index is 469. The molecule has 116 valence electrons. The normalized spacial score (nSPS) is 28.0. The number of fused-ring (bicyclic) bond motifs is 3. The molecule has 2 saturated heterocycles. The largest absolute Gasteiger partial charge is 0.494 e. The molecule has 2 atom stereocenters. The quantitative estimate of drug-likeness (QED) is 0.924. The monoisotopic (exact) mass is 288 g/mol. The standard InChI is InChI=1S/C18H28N2O/c1-4-21-17-7-5-16(6-8-17)20-12-14-9-18(2,3)15(13-20)11-19-10-14/h5-8,14-15,19H,4,9-13H2,1-3H3/t14-,15-/m1/s1. The van der Waals surface area contributed by atoms with E-state index in [4.69, 9.17) is 4.74 Å². The van der Waals surface area contributed by atoms with Crippen LogP contribution in [0.2, 0.25) is 0 Å². The lowest BCUT2D eigenvalue weighted by atomic mass is 9.75. The van der Waals surface area contributed by atoms with Crippen molar-refractivity contribution >= 4 is 5.69 Å². The van der Waals surface area contributed by atoms with E-state index < -0.39 is 0 Å². The predicted octanol–water partition coefficient (Wildman–Crippen LogP) is 3.16. The van der Waals surface area contributed by atoms with Crippen LogP contribution in [-0.4, -0.2) is 32.8 Å². The van der Waals surface area contributed by atoms with Crippen LogP contribution < -0.4 is 15.0 Å².